The Bertz CT molecular complexity index is 889. The quantitative estimate of drug-likeness (QED) is 0.671. The first-order valence-corrected chi connectivity index (χ1v) is 10.3. The maximum atomic E-state index is 13.7. The largest absolute Gasteiger partial charge is 0.338 e. The molecule has 0 aliphatic carbocycles. The minimum atomic E-state index is -0.248. The van der Waals surface area contributed by atoms with E-state index in [2.05, 4.69) is 15.5 Å². The fraction of sp³-hybridized carbons (Fsp3) is 0.364. The van der Waals surface area contributed by atoms with E-state index in [1.165, 1.54) is 11.0 Å². The number of quaternary nitrogens is 1. The van der Waals surface area contributed by atoms with Crippen LogP contribution in [0.3, 0.4) is 0 Å². The Kier molecular flexibility index (Phi) is 6.82. The molecule has 5 nitrogen and oxygen atoms in total. The number of thiocarbonyl (C=S) groups is 1. The second kappa shape index (κ2) is 9.33. The van der Waals surface area contributed by atoms with Gasteiger partial charge >= 0.3 is 0 Å². The third kappa shape index (κ3) is 5.52. The Morgan fingerprint density at radius 2 is 1.72 bits per heavy atom. The van der Waals surface area contributed by atoms with Crippen molar-refractivity contribution >= 4 is 34.6 Å². The lowest BCUT2D eigenvalue weighted by atomic mass is 10.1. The van der Waals surface area contributed by atoms with E-state index in [-0.39, 0.29) is 11.7 Å². The van der Waals surface area contributed by atoms with Gasteiger partial charge in [0.05, 0.1) is 26.2 Å². The molecular formula is C22H28FN4OS+. The highest BCUT2D eigenvalue weighted by atomic mass is 32.1. The average molecular weight is 416 g/mol. The van der Waals surface area contributed by atoms with E-state index in [1.54, 1.807) is 13.0 Å². The summed E-state index contributed by atoms with van der Waals surface area (Å²) in [6.45, 7) is 9.33. The minimum Gasteiger partial charge on any atom is -0.338 e. The molecule has 0 bridgehead atoms. The van der Waals surface area contributed by atoms with Crippen LogP contribution in [0.1, 0.15) is 16.7 Å². The van der Waals surface area contributed by atoms with Gasteiger partial charge in [-0.2, -0.15) is 0 Å². The number of carbonyl (C=O) groups is 1. The zero-order valence-corrected chi connectivity index (χ0v) is 18.0. The summed E-state index contributed by atoms with van der Waals surface area (Å²) in [4.78, 5) is 15.8. The Morgan fingerprint density at radius 1 is 1.07 bits per heavy atom. The zero-order valence-electron chi connectivity index (χ0n) is 17.1. The first-order chi connectivity index (χ1) is 13.8. The fourth-order valence-electron chi connectivity index (χ4n) is 3.50. The number of hydrogen-bond acceptors (Lipinski definition) is 2. The van der Waals surface area contributed by atoms with Crippen molar-refractivity contribution in [3.8, 4) is 0 Å². The SMILES string of the molecule is Cc1ccc(NC(=S)N2CC[NH+](CC(=O)Nc3c(C)cccc3C)CC2)cc1F. The molecule has 2 aromatic rings. The molecule has 154 valence electrons. The number of benzene rings is 2. The maximum absolute atomic E-state index is 13.7. The zero-order chi connectivity index (χ0) is 21.0. The highest BCUT2D eigenvalue weighted by Crippen LogP contribution is 2.19. The molecule has 29 heavy (non-hydrogen) atoms. The van der Waals surface area contributed by atoms with Crippen molar-refractivity contribution in [1.82, 2.24) is 4.90 Å². The molecule has 1 fully saturated rings. The summed E-state index contributed by atoms with van der Waals surface area (Å²) in [5.41, 5.74) is 4.31. The van der Waals surface area contributed by atoms with Crippen LogP contribution in [0.2, 0.25) is 0 Å². The summed E-state index contributed by atoms with van der Waals surface area (Å²) in [5.74, 6) is -0.219. The van der Waals surface area contributed by atoms with Crippen LogP contribution in [-0.2, 0) is 4.79 Å². The van der Waals surface area contributed by atoms with Crippen LogP contribution in [0.15, 0.2) is 36.4 Å². The van der Waals surface area contributed by atoms with Gasteiger partial charge in [-0.25, -0.2) is 4.39 Å². The van der Waals surface area contributed by atoms with Gasteiger partial charge in [-0.1, -0.05) is 24.3 Å². The van der Waals surface area contributed by atoms with E-state index in [9.17, 15) is 9.18 Å². The van der Waals surface area contributed by atoms with Gasteiger partial charge in [-0.15, -0.1) is 0 Å². The summed E-state index contributed by atoms with van der Waals surface area (Å²) in [7, 11) is 0. The number of para-hydroxylation sites is 1. The Labute approximate surface area is 176 Å². The molecule has 3 rings (SSSR count). The second-order valence-corrected chi connectivity index (χ2v) is 8.01. The number of amides is 1. The topological polar surface area (TPSA) is 48.8 Å². The van der Waals surface area contributed by atoms with Crippen LogP contribution in [0.4, 0.5) is 15.8 Å². The van der Waals surface area contributed by atoms with Gasteiger partial charge in [-0.3, -0.25) is 4.79 Å². The smallest absolute Gasteiger partial charge is 0.279 e. The number of carbonyl (C=O) groups excluding carboxylic acids is 1. The number of anilines is 2. The van der Waals surface area contributed by atoms with Crippen LogP contribution in [-0.4, -0.2) is 48.6 Å². The fourth-order valence-corrected chi connectivity index (χ4v) is 3.80. The predicted molar refractivity (Wildman–Crippen MR) is 119 cm³/mol. The minimum absolute atomic E-state index is 0.0293. The standard InChI is InChI=1S/C22H27FN4OS/c1-15-7-8-18(13-19(15)23)24-22(29)27-11-9-26(10-12-27)14-20(28)25-21-16(2)5-4-6-17(21)3/h4-8,13H,9-12,14H2,1-3H3,(H,24,29)(H,25,28)/p+1. The summed E-state index contributed by atoms with van der Waals surface area (Å²) < 4.78 is 13.7. The highest BCUT2D eigenvalue weighted by Gasteiger charge is 2.24. The maximum Gasteiger partial charge on any atom is 0.279 e. The number of halogens is 1. The average Bonchev–Trinajstić information content (AvgIpc) is 2.68. The van der Waals surface area contributed by atoms with E-state index in [4.69, 9.17) is 12.2 Å². The molecule has 0 atom stereocenters. The lowest BCUT2D eigenvalue weighted by molar-refractivity contribution is -0.895. The number of nitrogens with one attached hydrogen (secondary N) is 3. The highest BCUT2D eigenvalue weighted by molar-refractivity contribution is 7.80. The van der Waals surface area contributed by atoms with E-state index in [1.807, 2.05) is 38.1 Å². The monoisotopic (exact) mass is 415 g/mol. The predicted octanol–water partition coefficient (Wildman–Crippen LogP) is 2.29. The molecule has 0 saturated carbocycles. The van der Waals surface area contributed by atoms with E-state index in [0.29, 0.717) is 22.9 Å². The Hall–Kier alpha value is -2.51. The lowest BCUT2D eigenvalue weighted by Gasteiger charge is -2.33. The third-order valence-electron chi connectivity index (χ3n) is 5.34. The Balaban J connectivity index is 1.48. The van der Waals surface area contributed by atoms with Crippen LogP contribution in [0.25, 0.3) is 0 Å². The van der Waals surface area contributed by atoms with Crippen LogP contribution in [0, 0.1) is 26.6 Å². The number of rotatable bonds is 4. The molecule has 7 heteroatoms. The molecule has 1 aliphatic rings. The van der Waals surface area contributed by atoms with Crippen molar-refractivity contribution < 1.29 is 14.1 Å². The summed E-state index contributed by atoms with van der Waals surface area (Å²) in [6.07, 6.45) is 0. The van der Waals surface area contributed by atoms with Gasteiger partial charge in [0.2, 0.25) is 0 Å². The molecule has 2 aromatic carbocycles. The van der Waals surface area contributed by atoms with Crippen molar-refractivity contribution in [2.75, 3.05) is 43.4 Å². The normalized spacial score (nSPS) is 14.6. The van der Waals surface area contributed by atoms with Crippen LogP contribution >= 0.6 is 12.2 Å². The molecule has 0 spiro atoms. The van der Waals surface area contributed by atoms with Crippen LogP contribution in [0.5, 0.6) is 0 Å². The van der Waals surface area contributed by atoms with Crippen molar-refractivity contribution in [3.63, 3.8) is 0 Å². The van der Waals surface area contributed by atoms with Gasteiger partial charge in [0.15, 0.2) is 11.7 Å². The molecule has 3 N–H and O–H groups in total. The third-order valence-corrected chi connectivity index (χ3v) is 5.70. The van der Waals surface area contributed by atoms with Gasteiger partial charge in [0, 0.05) is 11.4 Å². The number of piperazine rings is 1. The molecule has 1 heterocycles. The summed E-state index contributed by atoms with van der Waals surface area (Å²) >= 11 is 5.48. The molecule has 0 radical (unpaired) electrons. The molecule has 1 saturated heterocycles. The van der Waals surface area contributed by atoms with Crippen molar-refractivity contribution in [1.29, 1.82) is 0 Å². The summed E-state index contributed by atoms with van der Waals surface area (Å²) in [5, 5.41) is 6.75. The Morgan fingerprint density at radius 3 is 2.34 bits per heavy atom. The van der Waals surface area contributed by atoms with Crippen LogP contribution < -0.4 is 15.5 Å². The van der Waals surface area contributed by atoms with E-state index >= 15 is 0 Å². The van der Waals surface area contributed by atoms with Gasteiger partial charge < -0.3 is 20.4 Å². The number of hydrogen-bond donors (Lipinski definition) is 3. The first-order valence-electron chi connectivity index (χ1n) is 9.85. The number of nitrogens with zero attached hydrogens (tertiary/aromatic N) is 1. The summed E-state index contributed by atoms with van der Waals surface area (Å²) in [6, 6.07) is 11.0. The molecular weight excluding hydrogens is 387 g/mol. The molecule has 0 aromatic heterocycles. The first kappa shape index (κ1) is 21.2. The van der Waals surface area contributed by atoms with Crippen molar-refractivity contribution in [2.45, 2.75) is 20.8 Å². The lowest BCUT2D eigenvalue weighted by Crippen LogP contribution is -3.15. The molecule has 1 amide bonds. The second-order valence-electron chi connectivity index (χ2n) is 7.62. The van der Waals surface area contributed by atoms with Gasteiger partial charge in [-0.05, 0) is 61.8 Å². The van der Waals surface area contributed by atoms with Crippen molar-refractivity contribution in [2.24, 2.45) is 0 Å². The number of aryl methyl sites for hydroxylation is 3. The van der Waals surface area contributed by atoms with Gasteiger partial charge in [0.1, 0.15) is 5.82 Å². The molecule has 0 unspecified atom stereocenters. The van der Waals surface area contributed by atoms with E-state index < -0.39 is 0 Å². The van der Waals surface area contributed by atoms with E-state index in [0.717, 1.165) is 43.0 Å². The van der Waals surface area contributed by atoms with Crippen molar-refractivity contribution in [3.05, 3.63) is 58.9 Å². The van der Waals surface area contributed by atoms with Gasteiger partial charge in [0.25, 0.3) is 5.91 Å². The molecule has 1 aliphatic heterocycles.